The van der Waals surface area contributed by atoms with E-state index in [1.807, 2.05) is 12.3 Å². The number of likely N-dealkylation sites (tertiary alicyclic amines) is 1. The number of aliphatic hydroxyl groups is 1. The van der Waals surface area contributed by atoms with Crippen LogP contribution in [0.15, 0.2) is 30.9 Å². The van der Waals surface area contributed by atoms with Crippen molar-refractivity contribution < 1.29 is 19.4 Å². The average molecular weight is 494 g/mol. The molecule has 0 unspecified atom stereocenters. The van der Waals surface area contributed by atoms with Crippen LogP contribution in [0.25, 0.3) is 16.6 Å². The second-order valence-electron chi connectivity index (χ2n) is 10.4. The number of aromatic nitrogens is 4. The van der Waals surface area contributed by atoms with E-state index >= 15 is 0 Å². The molecule has 1 aliphatic heterocycles. The number of ether oxygens (including phenoxy) is 1. The first-order chi connectivity index (χ1) is 17.1. The van der Waals surface area contributed by atoms with Crippen LogP contribution in [0.5, 0.6) is 6.01 Å². The van der Waals surface area contributed by atoms with Crippen LogP contribution in [-0.4, -0.2) is 73.2 Å². The van der Waals surface area contributed by atoms with Crippen LogP contribution >= 0.6 is 0 Å². The Morgan fingerprint density at radius 2 is 1.92 bits per heavy atom. The van der Waals surface area contributed by atoms with Gasteiger partial charge < -0.3 is 25.8 Å². The molecule has 4 heterocycles. The molecule has 0 bridgehead atoms. The van der Waals surface area contributed by atoms with Gasteiger partial charge in [0, 0.05) is 48.8 Å². The number of methoxy groups -OCH3 is 1. The van der Waals surface area contributed by atoms with Crippen LogP contribution in [0.2, 0.25) is 0 Å². The molecule has 11 nitrogen and oxygen atoms in total. The molecule has 1 saturated carbocycles. The largest absolute Gasteiger partial charge is 0.467 e. The number of nitrogens with zero attached hydrogens (tertiary/aromatic N) is 5. The normalized spacial score (nSPS) is 23.6. The minimum Gasteiger partial charge on any atom is -0.467 e. The smallest absolute Gasteiger partial charge is 0.316 e. The Morgan fingerprint density at radius 3 is 2.53 bits per heavy atom. The molecule has 0 spiro atoms. The van der Waals surface area contributed by atoms with E-state index in [1.165, 1.54) is 27.2 Å². The van der Waals surface area contributed by atoms with Gasteiger partial charge in [-0.3, -0.25) is 9.59 Å². The minimum absolute atomic E-state index is 0.0892. The summed E-state index contributed by atoms with van der Waals surface area (Å²) in [6, 6.07) is 2.30. The number of rotatable bonds is 6. The average Bonchev–Trinajstić information content (AvgIpc) is 3.53. The number of hydrogen-bond acceptors (Lipinski definition) is 8. The highest BCUT2D eigenvalue weighted by Crippen LogP contribution is 2.44. The zero-order valence-electron chi connectivity index (χ0n) is 20.8. The number of hydrogen-bond donors (Lipinski definition) is 3. The summed E-state index contributed by atoms with van der Waals surface area (Å²) in [5.41, 5.74) is 7.65. The van der Waals surface area contributed by atoms with Crippen molar-refractivity contribution in [3.8, 4) is 17.1 Å². The number of fused-ring (bicyclic) bond motifs is 2. The van der Waals surface area contributed by atoms with E-state index in [0.717, 1.165) is 23.1 Å². The van der Waals surface area contributed by atoms with Gasteiger partial charge >= 0.3 is 6.01 Å². The Morgan fingerprint density at radius 1 is 1.19 bits per heavy atom. The van der Waals surface area contributed by atoms with Gasteiger partial charge in [-0.2, -0.15) is 5.10 Å². The van der Waals surface area contributed by atoms with Crippen LogP contribution in [0, 0.1) is 17.8 Å². The highest BCUT2D eigenvalue weighted by molar-refractivity contribution is 6.02. The summed E-state index contributed by atoms with van der Waals surface area (Å²) in [7, 11) is 1.51. The van der Waals surface area contributed by atoms with Crippen molar-refractivity contribution in [3.05, 3.63) is 36.4 Å². The molecule has 1 aliphatic carbocycles. The lowest BCUT2D eigenvalue weighted by Crippen LogP contribution is -2.45. The molecule has 2 fully saturated rings. The van der Waals surface area contributed by atoms with Gasteiger partial charge in [-0.05, 0) is 44.1 Å². The first kappa shape index (κ1) is 24.0. The van der Waals surface area contributed by atoms with Crippen LogP contribution < -0.4 is 15.8 Å². The van der Waals surface area contributed by atoms with E-state index in [-0.39, 0.29) is 23.9 Å². The minimum atomic E-state index is -1.37. The summed E-state index contributed by atoms with van der Waals surface area (Å²) in [5, 5.41) is 18.1. The SMILES string of the molecule is COc1ncc(-c2cc3c(N[C@@H]4C[C@@H]5CN(C(=O)C(C)(C)O)C[C@H]5[C@@H]4C)c(C(N)=O)cnn3c2)cn1. The molecule has 0 radical (unpaired) electrons. The molecule has 2 aliphatic rings. The van der Waals surface area contributed by atoms with Crippen LogP contribution in [0.3, 0.4) is 0 Å². The van der Waals surface area contributed by atoms with Gasteiger partial charge in [0.1, 0.15) is 5.60 Å². The van der Waals surface area contributed by atoms with Gasteiger partial charge in [0.2, 0.25) is 0 Å². The monoisotopic (exact) mass is 493 g/mol. The second kappa shape index (κ2) is 8.74. The van der Waals surface area contributed by atoms with Crippen LogP contribution in [0.4, 0.5) is 5.69 Å². The fraction of sp³-hybridized carbons (Fsp3) is 0.480. The predicted molar refractivity (Wildman–Crippen MR) is 132 cm³/mol. The Kier molecular flexibility index (Phi) is 5.82. The number of primary amides is 1. The van der Waals surface area contributed by atoms with Crippen molar-refractivity contribution in [1.29, 1.82) is 0 Å². The van der Waals surface area contributed by atoms with Gasteiger partial charge in [-0.25, -0.2) is 14.5 Å². The lowest BCUT2D eigenvalue weighted by atomic mass is 9.93. The van der Waals surface area contributed by atoms with E-state index in [0.29, 0.717) is 36.2 Å². The third-order valence-corrected chi connectivity index (χ3v) is 7.55. The maximum Gasteiger partial charge on any atom is 0.316 e. The molecular formula is C25H31N7O4. The standard InChI is InChI=1S/C25H31N7O4/c1-13-18-12-31(23(34)25(2,3)35)10-15(18)5-19(13)30-21-17(22(26)33)9-29-32-11-14(6-20(21)32)16-7-27-24(36-4)28-8-16/h6-9,11,13,15,18-19,30,35H,5,10,12H2,1-4H3,(H2,26,33)/t13-,15+,18-,19+/m0/s1. The topological polar surface area (TPSA) is 148 Å². The van der Waals surface area contributed by atoms with Crippen molar-refractivity contribution >= 4 is 23.0 Å². The van der Waals surface area contributed by atoms with Crippen LogP contribution in [-0.2, 0) is 4.79 Å². The number of carbonyl (C=O) groups is 2. The molecular weight excluding hydrogens is 462 g/mol. The van der Waals surface area contributed by atoms with Crippen molar-refractivity contribution in [3.63, 3.8) is 0 Å². The molecule has 3 aromatic rings. The molecule has 36 heavy (non-hydrogen) atoms. The molecule has 4 N–H and O–H groups in total. The van der Waals surface area contributed by atoms with Gasteiger partial charge in [0.05, 0.1) is 30.1 Å². The van der Waals surface area contributed by atoms with E-state index in [2.05, 4.69) is 27.3 Å². The molecule has 0 aromatic carbocycles. The summed E-state index contributed by atoms with van der Waals surface area (Å²) >= 11 is 0. The summed E-state index contributed by atoms with van der Waals surface area (Å²) < 4.78 is 6.75. The van der Waals surface area contributed by atoms with E-state index in [9.17, 15) is 14.7 Å². The number of nitrogens with two attached hydrogens (primary N) is 1. The number of carbonyl (C=O) groups excluding carboxylic acids is 2. The Hall–Kier alpha value is -3.73. The maximum atomic E-state index is 12.6. The summed E-state index contributed by atoms with van der Waals surface area (Å²) in [6.07, 6.45) is 7.51. The first-order valence-corrected chi connectivity index (χ1v) is 12.0. The molecule has 3 aromatic heterocycles. The number of anilines is 1. The highest BCUT2D eigenvalue weighted by Gasteiger charge is 2.48. The Labute approximate surface area is 208 Å². The van der Waals surface area contributed by atoms with Gasteiger partial charge in [-0.15, -0.1) is 0 Å². The molecule has 1 saturated heterocycles. The number of nitrogens with one attached hydrogen (secondary N) is 1. The van der Waals surface area contributed by atoms with E-state index < -0.39 is 11.5 Å². The van der Waals surface area contributed by atoms with Crippen molar-refractivity contribution in [1.82, 2.24) is 24.5 Å². The lowest BCUT2D eigenvalue weighted by Gasteiger charge is -2.28. The van der Waals surface area contributed by atoms with Crippen molar-refractivity contribution in [2.45, 2.75) is 38.8 Å². The first-order valence-electron chi connectivity index (χ1n) is 12.0. The molecule has 4 atom stereocenters. The summed E-state index contributed by atoms with van der Waals surface area (Å²) in [5.74, 6) is 0.0763. The third-order valence-electron chi connectivity index (χ3n) is 7.55. The van der Waals surface area contributed by atoms with Crippen molar-refractivity contribution in [2.24, 2.45) is 23.5 Å². The van der Waals surface area contributed by atoms with E-state index in [4.69, 9.17) is 10.5 Å². The highest BCUT2D eigenvalue weighted by atomic mass is 16.5. The number of amides is 2. The Bertz CT molecular complexity index is 1310. The molecule has 2 amide bonds. The fourth-order valence-electron chi connectivity index (χ4n) is 5.63. The van der Waals surface area contributed by atoms with Gasteiger partial charge in [-0.1, -0.05) is 6.92 Å². The summed E-state index contributed by atoms with van der Waals surface area (Å²) in [6.45, 7) is 6.47. The molecule has 11 heteroatoms. The lowest BCUT2D eigenvalue weighted by molar-refractivity contribution is -0.147. The van der Waals surface area contributed by atoms with Crippen molar-refractivity contribution in [2.75, 3.05) is 25.5 Å². The summed E-state index contributed by atoms with van der Waals surface area (Å²) in [4.78, 5) is 35.0. The zero-order chi connectivity index (χ0) is 25.8. The van der Waals surface area contributed by atoms with Gasteiger partial charge in [0.25, 0.3) is 11.8 Å². The second-order valence-corrected chi connectivity index (χ2v) is 10.4. The van der Waals surface area contributed by atoms with E-state index in [1.54, 1.807) is 21.8 Å². The molecule has 190 valence electrons. The fourth-order valence-corrected chi connectivity index (χ4v) is 5.63. The van der Waals surface area contributed by atoms with Crippen LogP contribution in [0.1, 0.15) is 37.6 Å². The Balaban J connectivity index is 1.42. The van der Waals surface area contributed by atoms with Gasteiger partial charge in [0.15, 0.2) is 0 Å². The quantitative estimate of drug-likeness (QED) is 0.469. The zero-order valence-corrected chi connectivity index (χ0v) is 20.8. The molecule has 5 rings (SSSR count). The third kappa shape index (κ3) is 4.13. The maximum absolute atomic E-state index is 12.6. The predicted octanol–water partition coefficient (Wildman–Crippen LogP) is 1.56.